The van der Waals surface area contributed by atoms with E-state index in [2.05, 4.69) is 10.3 Å². The van der Waals surface area contributed by atoms with Gasteiger partial charge < -0.3 is 10.1 Å². The Bertz CT molecular complexity index is 663. The summed E-state index contributed by atoms with van der Waals surface area (Å²) in [5.41, 5.74) is 0.253. The molecule has 1 atom stereocenters. The Labute approximate surface area is 133 Å². The number of benzene rings is 1. The molecule has 0 unspecified atom stereocenters. The summed E-state index contributed by atoms with van der Waals surface area (Å²) in [5, 5.41) is 2.33. The molecule has 0 saturated carbocycles. The second kappa shape index (κ2) is 7.17. The minimum Gasteiger partial charge on any atom is -0.493 e. The van der Waals surface area contributed by atoms with Crippen LogP contribution in [0.2, 0.25) is 0 Å². The van der Waals surface area contributed by atoms with Gasteiger partial charge in [-0.25, -0.2) is 0 Å². The van der Waals surface area contributed by atoms with Gasteiger partial charge in [0.1, 0.15) is 5.75 Å². The van der Waals surface area contributed by atoms with E-state index in [9.17, 15) is 13.6 Å². The maximum Gasteiger partial charge on any atom is 0.353 e. The maximum absolute atomic E-state index is 14.5. The molecule has 0 fully saturated rings. The summed E-state index contributed by atoms with van der Waals surface area (Å²) >= 11 is 0. The molecule has 1 amide bonds. The van der Waals surface area contributed by atoms with Gasteiger partial charge in [0.15, 0.2) is 0 Å². The first-order valence-corrected chi connectivity index (χ1v) is 7.27. The van der Waals surface area contributed by atoms with Crippen LogP contribution in [0.4, 0.5) is 8.78 Å². The van der Waals surface area contributed by atoms with E-state index in [0.29, 0.717) is 5.56 Å². The Kier molecular flexibility index (Phi) is 5.26. The average Bonchev–Trinajstić information content (AvgIpc) is 2.56. The van der Waals surface area contributed by atoms with Crippen LogP contribution in [0.5, 0.6) is 5.75 Å². The fraction of sp³-hybridized carbons (Fsp3) is 0.294. The standard InChI is InChI=1S/C17H18F2N2O2/c1-3-23-15-7-5-4-6-14(15)17(18,19)16(22)21-12(2)13-8-10-20-11-9-13/h4-12H,3H2,1-2H3,(H,21,22)/t12-/m0/s1. The number of para-hydroxylation sites is 1. The average molecular weight is 320 g/mol. The summed E-state index contributed by atoms with van der Waals surface area (Å²) in [5.74, 6) is -5.05. The fourth-order valence-electron chi connectivity index (χ4n) is 2.15. The lowest BCUT2D eigenvalue weighted by Crippen LogP contribution is -2.39. The highest BCUT2D eigenvalue weighted by atomic mass is 19.3. The second-order valence-corrected chi connectivity index (χ2v) is 4.98. The van der Waals surface area contributed by atoms with Crippen molar-refractivity contribution >= 4 is 5.91 Å². The molecule has 0 saturated heterocycles. The third-order valence-corrected chi connectivity index (χ3v) is 3.36. The number of carbonyl (C=O) groups is 1. The predicted molar refractivity (Wildman–Crippen MR) is 82.3 cm³/mol. The molecule has 0 radical (unpaired) electrons. The number of hydrogen-bond acceptors (Lipinski definition) is 3. The van der Waals surface area contributed by atoms with Gasteiger partial charge in [0.2, 0.25) is 0 Å². The van der Waals surface area contributed by atoms with Crippen LogP contribution in [-0.2, 0) is 10.7 Å². The number of nitrogens with zero attached hydrogens (tertiary/aromatic N) is 1. The Morgan fingerprint density at radius 1 is 1.26 bits per heavy atom. The summed E-state index contributed by atoms with van der Waals surface area (Å²) in [7, 11) is 0. The zero-order valence-corrected chi connectivity index (χ0v) is 12.9. The Morgan fingerprint density at radius 3 is 2.57 bits per heavy atom. The number of hydrogen-bond donors (Lipinski definition) is 1. The van der Waals surface area contributed by atoms with Gasteiger partial charge in [0.05, 0.1) is 18.2 Å². The van der Waals surface area contributed by atoms with Crippen LogP contribution in [0, 0.1) is 0 Å². The highest BCUT2D eigenvalue weighted by Crippen LogP contribution is 2.35. The molecule has 4 nitrogen and oxygen atoms in total. The van der Waals surface area contributed by atoms with E-state index in [1.807, 2.05) is 0 Å². The van der Waals surface area contributed by atoms with Crippen LogP contribution in [0.3, 0.4) is 0 Å². The molecule has 2 aromatic rings. The van der Waals surface area contributed by atoms with Crippen molar-refractivity contribution in [3.05, 3.63) is 59.9 Å². The summed E-state index contributed by atoms with van der Waals surface area (Å²) < 4.78 is 34.2. The van der Waals surface area contributed by atoms with E-state index in [1.54, 1.807) is 44.4 Å². The van der Waals surface area contributed by atoms with Gasteiger partial charge in [-0.3, -0.25) is 9.78 Å². The topological polar surface area (TPSA) is 51.2 Å². The number of halogens is 2. The molecule has 0 bridgehead atoms. The summed E-state index contributed by atoms with van der Waals surface area (Å²) in [6, 6.07) is 8.42. The first-order valence-electron chi connectivity index (χ1n) is 7.27. The fourth-order valence-corrected chi connectivity index (χ4v) is 2.15. The van der Waals surface area contributed by atoms with E-state index >= 15 is 0 Å². The lowest BCUT2D eigenvalue weighted by Gasteiger charge is -2.22. The van der Waals surface area contributed by atoms with Crippen LogP contribution in [0.25, 0.3) is 0 Å². The predicted octanol–water partition coefficient (Wildman–Crippen LogP) is 3.45. The molecule has 1 N–H and O–H groups in total. The normalized spacial score (nSPS) is 12.5. The maximum atomic E-state index is 14.5. The zero-order valence-electron chi connectivity index (χ0n) is 12.9. The molecule has 1 aromatic carbocycles. The molecule has 2 rings (SSSR count). The lowest BCUT2D eigenvalue weighted by molar-refractivity contribution is -0.148. The Balaban J connectivity index is 2.20. The van der Waals surface area contributed by atoms with Crippen molar-refractivity contribution in [3.63, 3.8) is 0 Å². The van der Waals surface area contributed by atoms with E-state index in [4.69, 9.17) is 4.74 Å². The molecule has 0 aliphatic rings. The summed E-state index contributed by atoms with van der Waals surface area (Å²) in [6.07, 6.45) is 3.08. The van der Waals surface area contributed by atoms with E-state index in [0.717, 1.165) is 0 Å². The number of rotatable bonds is 6. The van der Waals surface area contributed by atoms with Crippen molar-refractivity contribution in [1.82, 2.24) is 10.3 Å². The highest BCUT2D eigenvalue weighted by molar-refractivity contribution is 5.85. The smallest absolute Gasteiger partial charge is 0.353 e. The van der Waals surface area contributed by atoms with Gasteiger partial charge in [-0.15, -0.1) is 0 Å². The molecule has 0 spiro atoms. The number of carbonyl (C=O) groups excluding carboxylic acids is 1. The van der Waals surface area contributed by atoms with Crippen LogP contribution in [0.1, 0.15) is 31.0 Å². The quantitative estimate of drug-likeness (QED) is 0.887. The number of aromatic nitrogens is 1. The van der Waals surface area contributed by atoms with Gasteiger partial charge in [-0.05, 0) is 43.7 Å². The lowest BCUT2D eigenvalue weighted by atomic mass is 10.0. The van der Waals surface area contributed by atoms with Crippen LogP contribution in [0.15, 0.2) is 48.8 Å². The molecule has 0 aliphatic heterocycles. The molecule has 1 heterocycles. The largest absolute Gasteiger partial charge is 0.493 e. The molecule has 1 aromatic heterocycles. The minimum atomic E-state index is -3.69. The summed E-state index contributed by atoms with van der Waals surface area (Å²) in [4.78, 5) is 15.9. The minimum absolute atomic E-state index is 0.00622. The van der Waals surface area contributed by atoms with Gasteiger partial charge in [-0.2, -0.15) is 8.78 Å². The van der Waals surface area contributed by atoms with E-state index in [1.165, 1.54) is 18.2 Å². The third-order valence-electron chi connectivity index (χ3n) is 3.36. The number of nitrogens with one attached hydrogen (secondary N) is 1. The third kappa shape index (κ3) is 3.83. The van der Waals surface area contributed by atoms with Crippen molar-refractivity contribution < 1.29 is 18.3 Å². The molecular weight excluding hydrogens is 302 g/mol. The van der Waals surface area contributed by atoms with Crippen molar-refractivity contribution in [1.29, 1.82) is 0 Å². The van der Waals surface area contributed by atoms with E-state index in [-0.39, 0.29) is 12.4 Å². The molecule has 23 heavy (non-hydrogen) atoms. The second-order valence-electron chi connectivity index (χ2n) is 4.98. The number of alkyl halides is 2. The number of ether oxygens (including phenoxy) is 1. The van der Waals surface area contributed by atoms with Crippen LogP contribution >= 0.6 is 0 Å². The first kappa shape index (κ1) is 16.9. The Hall–Kier alpha value is -2.50. The number of amides is 1. The van der Waals surface area contributed by atoms with Crippen LogP contribution in [-0.4, -0.2) is 17.5 Å². The highest BCUT2D eigenvalue weighted by Gasteiger charge is 2.43. The molecule has 0 aliphatic carbocycles. The zero-order chi connectivity index (χ0) is 16.9. The summed E-state index contributed by atoms with van der Waals surface area (Å²) in [6.45, 7) is 3.57. The Morgan fingerprint density at radius 2 is 1.91 bits per heavy atom. The van der Waals surface area contributed by atoms with Gasteiger partial charge in [-0.1, -0.05) is 12.1 Å². The van der Waals surface area contributed by atoms with E-state index < -0.39 is 23.4 Å². The van der Waals surface area contributed by atoms with Crippen molar-refractivity contribution in [2.24, 2.45) is 0 Å². The van der Waals surface area contributed by atoms with Gasteiger partial charge in [0.25, 0.3) is 5.91 Å². The van der Waals surface area contributed by atoms with Crippen molar-refractivity contribution in [2.45, 2.75) is 25.8 Å². The monoisotopic (exact) mass is 320 g/mol. The number of pyridine rings is 1. The van der Waals surface area contributed by atoms with Crippen molar-refractivity contribution in [3.8, 4) is 5.75 Å². The van der Waals surface area contributed by atoms with Crippen LogP contribution < -0.4 is 10.1 Å². The van der Waals surface area contributed by atoms with Crippen molar-refractivity contribution in [2.75, 3.05) is 6.61 Å². The first-order chi connectivity index (χ1) is 11.0. The van der Waals surface area contributed by atoms with Gasteiger partial charge >= 0.3 is 5.92 Å². The SMILES string of the molecule is CCOc1ccccc1C(F)(F)C(=O)N[C@@H](C)c1ccncc1. The molecule has 122 valence electrons. The molecule has 6 heteroatoms. The molecular formula is C17H18F2N2O2. The van der Waals surface area contributed by atoms with Gasteiger partial charge in [0, 0.05) is 12.4 Å².